The molecule has 5 heteroatoms. The molecule has 0 saturated heterocycles. The lowest BCUT2D eigenvalue weighted by Gasteiger charge is -2.17. The Morgan fingerprint density at radius 1 is 1.00 bits per heavy atom. The molecular weight excluding hydrogens is 352 g/mol. The van der Waals surface area contributed by atoms with Crippen LogP contribution in [0.4, 0.5) is 0 Å². The van der Waals surface area contributed by atoms with Gasteiger partial charge in [-0.1, -0.05) is 77.5 Å². The van der Waals surface area contributed by atoms with E-state index in [1.54, 1.807) is 19.1 Å². The van der Waals surface area contributed by atoms with Crippen LogP contribution in [0.3, 0.4) is 0 Å². The van der Waals surface area contributed by atoms with Crippen molar-refractivity contribution >= 4 is 25.8 Å². The van der Waals surface area contributed by atoms with Crippen LogP contribution in [0.2, 0.25) is 0 Å². The second-order valence-electron chi connectivity index (χ2n) is 4.74. The fourth-order valence-electron chi connectivity index (χ4n) is 2.01. The van der Waals surface area contributed by atoms with Crippen molar-refractivity contribution in [2.24, 2.45) is 0 Å². The SMILES string of the molecule is CCS(=O)(=O)[C@@H](Br)[C@H](O)c1ccc(-c2ccccc2)cc1. The van der Waals surface area contributed by atoms with E-state index in [9.17, 15) is 13.5 Å². The van der Waals surface area contributed by atoms with Crippen molar-refractivity contribution in [1.29, 1.82) is 0 Å². The van der Waals surface area contributed by atoms with Gasteiger partial charge in [0.05, 0.1) is 0 Å². The van der Waals surface area contributed by atoms with E-state index in [0.29, 0.717) is 5.56 Å². The van der Waals surface area contributed by atoms with E-state index in [-0.39, 0.29) is 5.75 Å². The standard InChI is InChI=1S/C16H17BrO3S/c1-2-21(19,20)16(17)15(18)14-10-8-13(9-11-14)12-6-4-3-5-7-12/h3-11,15-16,18H,2H2,1H3/t15-,16-/m1/s1. The average Bonchev–Trinajstić information content (AvgIpc) is 2.54. The molecule has 0 unspecified atom stereocenters. The van der Waals surface area contributed by atoms with Crippen LogP contribution in [0.15, 0.2) is 54.6 Å². The maximum absolute atomic E-state index is 11.8. The average molecular weight is 369 g/mol. The van der Waals surface area contributed by atoms with Gasteiger partial charge in [0.15, 0.2) is 9.84 Å². The zero-order valence-electron chi connectivity index (χ0n) is 11.6. The first kappa shape index (κ1) is 16.2. The highest BCUT2D eigenvalue weighted by Crippen LogP contribution is 2.29. The first-order chi connectivity index (χ1) is 9.95. The van der Waals surface area contributed by atoms with E-state index in [1.807, 2.05) is 42.5 Å². The summed E-state index contributed by atoms with van der Waals surface area (Å²) < 4.78 is 22.6. The maximum atomic E-state index is 11.8. The molecule has 2 aromatic rings. The number of benzene rings is 2. The Morgan fingerprint density at radius 2 is 1.52 bits per heavy atom. The van der Waals surface area contributed by atoms with E-state index in [4.69, 9.17) is 0 Å². The van der Waals surface area contributed by atoms with Gasteiger partial charge in [0.1, 0.15) is 10.3 Å². The molecule has 3 nitrogen and oxygen atoms in total. The topological polar surface area (TPSA) is 54.4 Å². The minimum Gasteiger partial charge on any atom is -0.386 e. The fraction of sp³-hybridized carbons (Fsp3) is 0.250. The molecule has 0 fully saturated rings. The van der Waals surface area contributed by atoms with Crippen LogP contribution in [-0.2, 0) is 9.84 Å². The van der Waals surface area contributed by atoms with Gasteiger partial charge < -0.3 is 5.11 Å². The van der Waals surface area contributed by atoms with Gasteiger partial charge in [0.25, 0.3) is 0 Å². The third-order valence-corrected chi connectivity index (χ3v) is 7.31. The lowest BCUT2D eigenvalue weighted by molar-refractivity contribution is 0.195. The molecule has 0 spiro atoms. The van der Waals surface area contributed by atoms with Gasteiger partial charge in [-0.05, 0) is 16.7 Å². The zero-order valence-corrected chi connectivity index (χ0v) is 14.0. The number of alkyl halides is 1. The molecular formula is C16H17BrO3S. The van der Waals surface area contributed by atoms with Gasteiger partial charge in [-0.3, -0.25) is 0 Å². The Kier molecular flexibility index (Phi) is 5.19. The van der Waals surface area contributed by atoms with Crippen LogP contribution >= 0.6 is 15.9 Å². The number of hydrogen-bond donors (Lipinski definition) is 1. The minimum absolute atomic E-state index is 0.0118. The van der Waals surface area contributed by atoms with Crippen LogP contribution in [0.1, 0.15) is 18.6 Å². The Morgan fingerprint density at radius 3 is 2.05 bits per heavy atom. The molecule has 0 radical (unpaired) electrons. The summed E-state index contributed by atoms with van der Waals surface area (Å²) in [5.41, 5.74) is 2.68. The molecule has 0 aliphatic carbocycles. The van der Waals surface area contributed by atoms with Crippen molar-refractivity contribution in [3.8, 4) is 11.1 Å². The van der Waals surface area contributed by atoms with Gasteiger partial charge in [0, 0.05) is 5.75 Å². The molecule has 0 amide bonds. The number of halogens is 1. The lowest BCUT2D eigenvalue weighted by atomic mass is 10.0. The van der Waals surface area contributed by atoms with Crippen molar-refractivity contribution in [2.45, 2.75) is 17.2 Å². The van der Waals surface area contributed by atoms with E-state index < -0.39 is 20.1 Å². The highest BCUT2D eigenvalue weighted by Gasteiger charge is 2.29. The number of aliphatic hydroxyl groups is 1. The molecule has 0 aliphatic heterocycles. The molecule has 0 aromatic heterocycles. The van der Waals surface area contributed by atoms with Crippen LogP contribution in [0.5, 0.6) is 0 Å². The predicted octanol–water partition coefficient (Wildman–Crippen LogP) is 3.54. The normalized spacial score (nSPS) is 14.6. The smallest absolute Gasteiger partial charge is 0.165 e. The number of rotatable bonds is 5. The monoisotopic (exact) mass is 368 g/mol. The summed E-state index contributed by atoms with van der Waals surface area (Å²) in [7, 11) is -3.34. The van der Waals surface area contributed by atoms with Crippen molar-refractivity contribution in [3.63, 3.8) is 0 Å². The van der Waals surface area contributed by atoms with Gasteiger partial charge in [-0.2, -0.15) is 0 Å². The van der Waals surface area contributed by atoms with E-state index >= 15 is 0 Å². The summed E-state index contributed by atoms with van der Waals surface area (Å²) in [6, 6.07) is 17.1. The summed E-state index contributed by atoms with van der Waals surface area (Å²) >= 11 is 3.09. The molecule has 0 heterocycles. The van der Waals surface area contributed by atoms with Crippen molar-refractivity contribution in [2.75, 3.05) is 5.75 Å². The van der Waals surface area contributed by atoms with Crippen LogP contribution in [-0.4, -0.2) is 23.4 Å². The molecule has 2 atom stereocenters. The van der Waals surface area contributed by atoms with Gasteiger partial charge in [0.2, 0.25) is 0 Å². The number of hydrogen-bond acceptors (Lipinski definition) is 3. The van der Waals surface area contributed by atoms with Crippen molar-refractivity contribution in [3.05, 3.63) is 60.2 Å². The first-order valence-electron chi connectivity index (χ1n) is 6.65. The Bertz CT molecular complexity index is 681. The minimum atomic E-state index is -3.34. The Hall–Kier alpha value is -1.17. The van der Waals surface area contributed by atoms with Crippen LogP contribution in [0, 0.1) is 0 Å². The van der Waals surface area contributed by atoms with Gasteiger partial charge in [-0.15, -0.1) is 0 Å². The van der Waals surface area contributed by atoms with Crippen molar-refractivity contribution < 1.29 is 13.5 Å². The maximum Gasteiger partial charge on any atom is 0.165 e. The molecule has 2 rings (SSSR count). The second kappa shape index (κ2) is 6.73. The quantitative estimate of drug-likeness (QED) is 0.821. The Labute approximate surface area is 133 Å². The molecule has 0 bridgehead atoms. The largest absolute Gasteiger partial charge is 0.386 e. The third-order valence-electron chi connectivity index (χ3n) is 3.35. The van der Waals surface area contributed by atoms with Crippen LogP contribution < -0.4 is 0 Å². The molecule has 0 saturated carbocycles. The van der Waals surface area contributed by atoms with E-state index in [0.717, 1.165) is 11.1 Å². The van der Waals surface area contributed by atoms with Crippen LogP contribution in [0.25, 0.3) is 11.1 Å². The van der Waals surface area contributed by atoms with E-state index in [1.165, 1.54) is 0 Å². The highest BCUT2D eigenvalue weighted by atomic mass is 79.9. The first-order valence-corrected chi connectivity index (χ1v) is 9.28. The molecule has 0 aliphatic rings. The van der Waals surface area contributed by atoms with Gasteiger partial charge in [-0.25, -0.2) is 8.42 Å². The predicted molar refractivity (Wildman–Crippen MR) is 89.0 cm³/mol. The summed E-state index contributed by atoms with van der Waals surface area (Å²) in [4.78, 5) is 0. The lowest BCUT2D eigenvalue weighted by Crippen LogP contribution is -2.24. The second-order valence-corrected chi connectivity index (χ2v) is 8.74. The van der Waals surface area contributed by atoms with Crippen molar-refractivity contribution in [1.82, 2.24) is 0 Å². The summed E-state index contributed by atoms with van der Waals surface area (Å²) in [5.74, 6) is -0.0118. The third kappa shape index (κ3) is 3.73. The Balaban J connectivity index is 2.23. The van der Waals surface area contributed by atoms with E-state index in [2.05, 4.69) is 15.9 Å². The fourth-order valence-corrected chi connectivity index (χ4v) is 3.98. The summed E-state index contributed by atoms with van der Waals surface area (Å²) in [6.07, 6.45) is -1.08. The molecule has 112 valence electrons. The highest BCUT2D eigenvalue weighted by molar-refractivity contribution is 9.11. The summed E-state index contributed by atoms with van der Waals surface area (Å²) in [5, 5.41) is 10.2. The molecule has 21 heavy (non-hydrogen) atoms. The van der Waals surface area contributed by atoms with Gasteiger partial charge >= 0.3 is 0 Å². The zero-order chi connectivity index (χ0) is 15.5. The molecule has 1 N–H and O–H groups in total. The number of aliphatic hydroxyl groups excluding tert-OH is 1. The summed E-state index contributed by atoms with van der Waals surface area (Å²) in [6.45, 7) is 1.56. The molecule has 2 aromatic carbocycles. The number of sulfone groups is 1.